The van der Waals surface area contributed by atoms with Gasteiger partial charge in [-0.25, -0.2) is 9.97 Å². The average molecular weight is 368 g/mol. The van der Waals surface area contributed by atoms with E-state index in [0.29, 0.717) is 37.6 Å². The van der Waals surface area contributed by atoms with Crippen molar-refractivity contribution in [3.63, 3.8) is 0 Å². The van der Waals surface area contributed by atoms with Crippen molar-refractivity contribution < 1.29 is 14.4 Å². The van der Waals surface area contributed by atoms with Crippen LogP contribution in [0.2, 0.25) is 0 Å². The van der Waals surface area contributed by atoms with Gasteiger partial charge in [-0.1, -0.05) is 6.07 Å². The summed E-state index contributed by atoms with van der Waals surface area (Å²) in [5.74, 6) is -0.0731. The number of hydrogen-bond donors (Lipinski definition) is 2. The van der Waals surface area contributed by atoms with Gasteiger partial charge in [-0.3, -0.25) is 14.4 Å². The van der Waals surface area contributed by atoms with E-state index in [2.05, 4.69) is 20.6 Å². The number of nitrogens with zero attached hydrogens (tertiary/aromatic N) is 4. The normalized spacial score (nSPS) is 13.8. The van der Waals surface area contributed by atoms with E-state index in [1.54, 1.807) is 34.1 Å². The van der Waals surface area contributed by atoms with E-state index < -0.39 is 0 Å². The molecule has 0 aliphatic carbocycles. The summed E-state index contributed by atoms with van der Waals surface area (Å²) in [5.41, 5.74) is 1.61. The summed E-state index contributed by atoms with van der Waals surface area (Å²) in [4.78, 5) is 46.3. The Morgan fingerprint density at radius 2 is 1.85 bits per heavy atom. The second-order valence-electron chi connectivity index (χ2n) is 6.09. The number of piperazine rings is 1. The molecule has 0 radical (unpaired) electrons. The molecule has 1 aliphatic heterocycles. The van der Waals surface area contributed by atoms with Gasteiger partial charge in [0.15, 0.2) is 0 Å². The number of rotatable bonds is 5. The molecule has 3 amide bonds. The molecule has 140 valence electrons. The number of nitrogens with one attached hydrogen (secondary N) is 2. The van der Waals surface area contributed by atoms with Crippen LogP contribution >= 0.6 is 0 Å². The molecule has 1 aromatic heterocycles. The van der Waals surface area contributed by atoms with Crippen molar-refractivity contribution >= 4 is 35.5 Å². The van der Waals surface area contributed by atoms with E-state index in [1.807, 2.05) is 6.07 Å². The van der Waals surface area contributed by atoms with E-state index in [1.165, 1.54) is 13.1 Å². The predicted molar refractivity (Wildman–Crippen MR) is 99.6 cm³/mol. The number of benzene rings is 1. The van der Waals surface area contributed by atoms with E-state index in [0.717, 1.165) is 6.41 Å². The number of carbonyl (C=O) groups excluding carboxylic acids is 3. The second kappa shape index (κ2) is 8.26. The minimum atomic E-state index is -0.196. The van der Waals surface area contributed by atoms with Crippen LogP contribution in [0.15, 0.2) is 36.5 Å². The maximum atomic E-state index is 12.6. The van der Waals surface area contributed by atoms with Crippen molar-refractivity contribution in [2.45, 2.75) is 6.92 Å². The number of carbonyl (C=O) groups is 3. The first kappa shape index (κ1) is 18.3. The summed E-state index contributed by atoms with van der Waals surface area (Å²) in [7, 11) is 0. The van der Waals surface area contributed by atoms with Crippen molar-refractivity contribution in [2.75, 3.05) is 36.8 Å². The highest BCUT2D eigenvalue weighted by Crippen LogP contribution is 2.18. The summed E-state index contributed by atoms with van der Waals surface area (Å²) < 4.78 is 0. The van der Waals surface area contributed by atoms with Gasteiger partial charge in [0.2, 0.25) is 18.3 Å². The topological polar surface area (TPSA) is 108 Å². The Labute approximate surface area is 156 Å². The molecular weight excluding hydrogens is 348 g/mol. The second-order valence-corrected chi connectivity index (χ2v) is 6.09. The van der Waals surface area contributed by atoms with E-state index >= 15 is 0 Å². The standard InChI is InChI=1S/C18H20N6O3/c1-13(26)20-14-3-2-4-15(11-14)21-18-19-6-5-16(22-18)17(27)24-9-7-23(12-25)8-10-24/h2-6,11-12H,7-10H2,1H3,(H,20,26)(H,19,21,22). The Balaban J connectivity index is 1.69. The molecule has 1 saturated heterocycles. The fraction of sp³-hybridized carbons (Fsp3) is 0.278. The van der Waals surface area contributed by atoms with Gasteiger partial charge in [0.05, 0.1) is 0 Å². The molecule has 27 heavy (non-hydrogen) atoms. The van der Waals surface area contributed by atoms with Gasteiger partial charge < -0.3 is 20.4 Å². The van der Waals surface area contributed by atoms with Gasteiger partial charge in [-0.05, 0) is 24.3 Å². The lowest BCUT2D eigenvalue weighted by Gasteiger charge is -2.32. The van der Waals surface area contributed by atoms with Gasteiger partial charge in [0, 0.05) is 50.7 Å². The SMILES string of the molecule is CC(=O)Nc1cccc(Nc2nccc(C(=O)N3CCN(C=O)CC3)n2)c1. The fourth-order valence-corrected chi connectivity index (χ4v) is 2.74. The molecular formula is C18H20N6O3. The average Bonchev–Trinajstić information content (AvgIpc) is 2.67. The third-order valence-electron chi connectivity index (χ3n) is 4.06. The first-order valence-electron chi connectivity index (χ1n) is 8.51. The summed E-state index contributed by atoms with van der Waals surface area (Å²) in [5, 5.41) is 5.74. The number of amides is 3. The molecule has 1 fully saturated rings. The molecule has 9 nitrogen and oxygen atoms in total. The third-order valence-corrected chi connectivity index (χ3v) is 4.06. The summed E-state index contributed by atoms with van der Waals surface area (Å²) in [6.45, 7) is 3.42. The van der Waals surface area contributed by atoms with Crippen molar-refractivity contribution in [1.82, 2.24) is 19.8 Å². The minimum absolute atomic E-state index is 0.161. The smallest absolute Gasteiger partial charge is 0.272 e. The molecule has 1 aliphatic rings. The Hall–Kier alpha value is -3.49. The van der Waals surface area contributed by atoms with Gasteiger partial charge in [0.1, 0.15) is 5.69 Å². The monoisotopic (exact) mass is 368 g/mol. The van der Waals surface area contributed by atoms with Crippen LogP contribution in [0.1, 0.15) is 17.4 Å². The van der Waals surface area contributed by atoms with Crippen LogP contribution in [0, 0.1) is 0 Å². The van der Waals surface area contributed by atoms with Crippen molar-refractivity contribution in [3.8, 4) is 0 Å². The quantitative estimate of drug-likeness (QED) is 0.765. The van der Waals surface area contributed by atoms with Crippen molar-refractivity contribution in [3.05, 3.63) is 42.2 Å². The maximum Gasteiger partial charge on any atom is 0.272 e. The van der Waals surface area contributed by atoms with Crippen LogP contribution < -0.4 is 10.6 Å². The highest BCUT2D eigenvalue weighted by Gasteiger charge is 2.22. The maximum absolute atomic E-state index is 12.6. The van der Waals surface area contributed by atoms with Gasteiger partial charge in [0.25, 0.3) is 5.91 Å². The van der Waals surface area contributed by atoms with Crippen LogP contribution in [-0.2, 0) is 9.59 Å². The first-order chi connectivity index (χ1) is 13.0. The zero-order valence-electron chi connectivity index (χ0n) is 14.9. The zero-order valence-corrected chi connectivity index (χ0v) is 14.9. The molecule has 0 spiro atoms. The van der Waals surface area contributed by atoms with Gasteiger partial charge in [-0.2, -0.15) is 0 Å². The number of aromatic nitrogens is 2. The minimum Gasteiger partial charge on any atom is -0.342 e. The highest BCUT2D eigenvalue weighted by molar-refractivity contribution is 5.92. The van der Waals surface area contributed by atoms with Gasteiger partial charge in [-0.15, -0.1) is 0 Å². The van der Waals surface area contributed by atoms with Crippen LogP contribution in [0.3, 0.4) is 0 Å². The number of anilines is 3. The van der Waals surface area contributed by atoms with Crippen LogP contribution in [0.5, 0.6) is 0 Å². The van der Waals surface area contributed by atoms with E-state index in [9.17, 15) is 14.4 Å². The molecule has 1 aromatic carbocycles. The summed E-state index contributed by atoms with van der Waals surface area (Å²) >= 11 is 0. The van der Waals surface area contributed by atoms with E-state index in [4.69, 9.17) is 0 Å². The molecule has 3 rings (SSSR count). The molecule has 0 unspecified atom stereocenters. The van der Waals surface area contributed by atoms with Crippen molar-refractivity contribution in [2.24, 2.45) is 0 Å². The molecule has 0 atom stereocenters. The molecule has 2 aromatic rings. The molecule has 0 saturated carbocycles. The Bertz CT molecular complexity index is 848. The number of hydrogen-bond acceptors (Lipinski definition) is 6. The molecule has 0 bridgehead atoms. The molecule has 9 heteroatoms. The summed E-state index contributed by atoms with van der Waals surface area (Å²) in [6.07, 6.45) is 2.31. The molecule has 2 heterocycles. The van der Waals surface area contributed by atoms with Gasteiger partial charge >= 0.3 is 0 Å². The Morgan fingerprint density at radius 1 is 1.11 bits per heavy atom. The Morgan fingerprint density at radius 3 is 2.56 bits per heavy atom. The lowest BCUT2D eigenvalue weighted by molar-refractivity contribution is -0.119. The zero-order chi connectivity index (χ0) is 19.2. The van der Waals surface area contributed by atoms with Crippen LogP contribution in [-0.4, -0.2) is 64.2 Å². The molecule has 2 N–H and O–H groups in total. The largest absolute Gasteiger partial charge is 0.342 e. The van der Waals surface area contributed by atoms with Crippen LogP contribution in [0.25, 0.3) is 0 Å². The fourth-order valence-electron chi connectivity index (χ4n) is 2.74. The van der Waals surface area contributed by atoms with Crippen molar-refractivity contribution in [1.29, 1.82) is 0 Å². The lowest BCUT2D eigenvalue weighted by Crippen LogP contribution is -2.48. The first-order valence-corrected chi connectivity index (χ1v) is 8.51. The lowest BCUT2D eigenvalue weighted by atomic mass is 10.2. The van der Waals surface area contributed by atoms with E-state index in [-0.39, 0.29) is 23.5 Å². The summed E-state index contributed by atoms with van der Waals surface area (Å²) in [6, 6.07) is 8.68. The van der Waals surface area contributed by atoms with Crippen LogP contribution in [0.4, 0.5) is 17.3 Å². The highest BCUT2D eigenvalue weighted by atomic mass is 16.2. The predicted octanol–water partition coefficient (Wildman–Crippen LogP) is 1.09. The third kappa shape index (κ3) is 4.78. The Kier molecular flexibility index (Phi) is 5.60.